The van der Waals surface area contributed by atoms with Gasteiger partial charge in [-0.05, 0) is 19.8 Å². The SMILES string of the molecule is CC(C)[C@H]1COCCN1C(C)C. The number of ether oxygens (including phenoxy) is 1. The summed E-state index contributed by atoms with van der Waals surface area (Å²) in [5.41, 5.74) is 0. The zero-order valence-corrected chi connectivity index (χ0v) is 8.71. The minimum absolute atomic E-state index is 0.624. The molecule has 0 aromatic heterocycles. The van der Waals surface area contributed by atoms with Gasteiger partial charge in [0.2, 0.25) is 0 Å². The fourth-order valence-corrected chi connectivity index (χ4v) is 1.85. The topological polar surface area (TPSA) is 12.5 Å². The molecule has 0 unspecified atom stereocenters. The number of morpholine rings is 1. The van der Waals surface area contributed by atoms with Crippen molar-refractivity contribution >= 4 is 0 Å². The largest absolute Gasteiger partial charge is 0.378 e. The monoisotopic (exact) mass is 171 g/mol. The van der Waals surface area contributed by atoms with E-state index >= 15 is 0 Å². The third-order valence-electron chi connectivity index (χ3n) is 2.64. The molecular formula is C10H21NO. The van der Waals surface area contributed by atoms with Crippen LogP contribution in [-0.2, 0) is 4.74 Å². The van der Waals surface area contributed by atoms with Crippen LogP contribution in [-0.4, -0.2) is 36.7 Å². The minimum atomic E-state index is 0.624. The Bertz CT molecular complexity index is 118. The first-order valence-electron chi connectivity index (χ1n) is 4.96. The fraction of sp³-hybridized carbons (Fsp3) is 1.00. The molecule has 0 saturated carbocycles. The molecule has 12 heavy (non-hydrogen) atoms. The van der Waals surface area contributed by atoms with Crippen molar-refractivity contribution in [3.8, 4) is 0 Å². The van der Waals surface area contributed by atoms with Gasteiger partial charge in [0.1, 0.15) is 0 Å². The smallest absolute Gasteiger partial charge is 0.0625 e. The van der Waals surface area contributed by atoms with Gasteiger partial charge in [0, 0.05) is 18.6 Å². The maximum atomic E-state index is 5.48. The summed E-state index contributed by atoms with van der Waals surface area (Å²) in [7, 11) is 0. The Morgan fingerprint density at radius 3 is 2.33 bits per heavy atom. The molecule has 1 fully saturated rings. The fourth-order valence-electron chi connectivity index (χ4n) is 1.85. The standard InChI is InChI=1S/C10H21NO/c1-8(2)10-7-12-6-5-11(10)9(3)4/h8-10H,5-7H2,1-4H3/t10-/m1/s1. The van der Waals surface area contributed by atoms with E-state index in [2.05, 4.69) is 32.6 Å². The quantitative estimate of drug-likeness (QED) is 0.627. The molecule has 0 aromatic carbocycles. The Hall–Kier alpha value is -0.0800. The van der Waals surface area contributed by atoms with E-state index < -0.39 is 0 Å². The Morgan fingerprint density at radius 1 is 1.25 bits per heavy atom. The molecule has 0 amide bonds. The van der Waals surface area contributed by atoms with Gasteiger partial charge in [-0.25, -0.2) is 0 Å². The third-order valence-corrected chi connectivity index (χ3v) is 2.64. The lowest BCUT2D eigenvalue weighted by atomic mass is 10.0. The van der Waals surface area contributed by atoms with Gasteiger partial charge in [0.15, 0.2) is 0 Å². The second-order valence-electron chi connectivity index (χ2n) is 4.22. The molecule has 1 saturated heterocycles. The maximum absolute atomic E-state index is 5.48. The van der Waals surface area contributed by atoms with Crippen LogP contribution >= 0.6 is 0 Å². The number of nitrogens with zero attached hydrogens (tertiary/aromatic N) is 1. The predicted octanol–water partition coefficient (Wildman–Crippen LogP) is 1.75. The molecule has 1 rings (SSSR count). The van der Waals surface area contributed by atoms with Crippen LogP contribution in [0.15, 0.2) is 0 Å². The third kappa shape index (κ3) is 2.20. The first-order chi connectivity index (χ1) is 5.63. The number of rotatable bonds is 2. The molecule has 0 aliphatic carbocycles. The summed E-state index contributed by atoms with van der Waals surface area (Å²) in [6.45, 7) is 12.0. The molecule has 2 heteroatoms. The molecule has 72 valence electrons. The zero-order chi connectivity index (χ0) is 9.14. The molecule has 1 atom stereocenters. The average Bonchev–Trinajstić information content (AvgIpc) is 2.04. The molecule has 0 spiro atoms. The summed E-state index contributed by atoms with van der Waals surface area (Å²) >= 11 is 0. The highest BCUT2D eigenvalue weighted by atomic mass is 16.5. The maximum Gasteiger partial charge on any atom is 0.0625 e. The lowest BCUT2D eigenvalue weighted by Crippen LogP contribution is -2.51. The van der Waals surface area contributed by atoms with E-state index in [0.717, 1.165) is 19.8 Å². The summed E-state index contributed by atoms with van der Waals surface area (Å²) in [5.74, 6) is 0.702. The van der Waals surface area contributed by atoms with Crippen molar-refractivity contribution in [2.75, 3.05) is 19.8 Å². The summed E-state index contributed by atoms with van der Waals surface area (Å²) in [4.78, 5) is 2.55. The molecule has 1 aliphatic heterocycles. The summed E-state index contributed by atoms with van der Waals surface area (Å²) in [5, 5.41) is 0. The van der Waals surface area contributed by atoms with Gasteiger partial charge in [0.25, 0.3) is 0 Å². The van der Waals surface area contributed by atoms with Crippen molar-refractivity contribution in [3.05, 3.63) is 0 Å². The first kappa shape index (κ1) is 10.0. The van der Waals surface area contributed by atoms with Gasteiger partial charge in [-0.1, -0.05) is 13.8 Å². The van der Waals surface area contributed by atoms with Crippen LogP contribution in [0.5, 0.6) is 0 Å². The van der Waals surface area contributed by atoms with E-state index in [-0.39, 0.29) is 0 Å². The van der Waals surface area contributed by atoms with Crippen LogP contribution in [0.2, 0.25) is 0 Å². The van der Waals surface area contributed by atoms with Gasteiger partial charge in [0.05, 0.1) is 13.2 Å². The van der Waals surface area contributed by atoms with Gasteiger partial charge in [-0.2, -0.15) is 0 Å². The van der Waals surface area contributed by atoms with E-state index in [1.165, 1.54) is 0 Å². The Kier molecular flexibility index (Phi) is 3.53. The van der Waals surface area contributed by atoms with Crippen LogP contribution in [0.3, 0.4) is 0 Å². The number of hydrogen-bond acceptors (Lipinski definition) is 2. The van der Waals surface area contributed by atoms with Gasteiger partial charge in [-0.3, -0.25) is 4.90 Å². The minimum Gasteiger partial charge on any atom is -0.378 e. The summed E-state index contributed by atoms with van der Waals surface area (Å²) in [6, 6.07) is 1.28. The van der Waals surface area contributed by atoms with Crippen LogP contribution in [0.4, 0.5) is 0 Å². The molecule has 1 aliphatic rings. The second-order valence-corrected chi connectivity index (χ2v) is 4.22. The second kappa shape index (κ2) is 4.24. The highest BCUT2D eigenvalue weighted by Crippen LogP contribution is 2.17. The van der Waals surface area contributed by atoms with Crippen LogP contribution in [0, 0.1) is 5.92 Å². The van der Waals surface area contributed by atoms with E-state index in [4.69, 9.17) is 4.74 Å². The molecule has 0 aromatic rings. The molecular weight excluding hydrogens is 150 g/mol. The van der Waals surface area contributed by atoms with Crippen LogP contribution < -0.4 is 0 Å². The molecule has 0 N–H and O–H groups in total. The molecule has 1 heterocycles. The van der Waals surface area contributed by atoms with Crippen LogP contribution in [0.25, 0.3) is 0 Å². The normalized spacial score (nSPS) is 27.0. The van der Waals surface area contributed by atoms with E-state index in [0.29, 0.717) is 18.0 Å². The molecule has 0 radical (unpaired) electrons. The predicted molar refractivity (Wildman–Crippen MR) is 51.3 cm³/mol. The average molecular weight is 171 g/mol. The van der Waals surface area contributed by atoms with Gasteiger partial charge in [-0.15, -0.1) is 0 Å². The van der Waals surface area contributed by atoms with Gasteiger partial charge >= 0.3 is 0 Å². The van der Waals surface area contributed by atoms with E-state index in [1.807, 2.05) is 0 Å². The first-order valence-corrected chi connectivity index (χ1v) is 4.96. The summed E-state index contributed by atoms with van der Waals surface area (Å²) < 4.78 is 5.48. The highest BCUT2D eigenvalue weighted by molar-refractivity contribution is 4.79. The van der Waals surface area contributed by atoms with Crippen molar-refractivity contribution in [2.24, 2.45) is 5.92 Å². The number of hydrogen-bond donors (Lipinski definition) is 0. The van der Waals surface area contributed by atoms with Crippen molar-refractivity contribution < 1.29 is 4.74 Å². The van der Waals surface area contributed by atoms with E-state index in [1.54, 1.807) is 0 Å². The lowest BCUT2D eigenvalue weighted by molar-refractivity contribution is -0.0386. The van der Waals surface area contributed by atoms with Crippen molar-refractivity contribution in [3.63, 3.8) is 0 Å². The summed E-state index contributed by atoms with van der Waals surface area (Å²) in [6.07, 6.45) is 0. The van der Waals surface area contributed by atoms with Crippen molar-refractivity contribution in [1.29, 1.82) is 0 Å². The molecule has 2 nitrogen and oxygen atoms in total. The highest BCUT2D eigenvalue weighted by Gasteiger charge is 2.26. The molecule has 0 bridgehead atoms. The lowest BCUT2D eigenvalue weighted by Gasteiger charge is -2.40. The van der Waals surface area contributed by atoms with E-state index in [9.17, 15) is 0 Å². The Morgan fingerprint density at radius 2 is 1.92 bits per heavy atom. The van der Waals surface area contributed by atoms with Gasteiger partial charge < -0.3 is 4.74 Å². The Balaban J connectivity index is 2.54. The Labute approximate surface area is 75.9 Å². The van der Waals surface area contributed by atoms with Crippen molar-refractivity contribution in [2.45, 2.75) is 39.8 Å². The zero-order valence-electron chi connectivity index (χ0n) is 8.71. The van der Waals surface area contributed by atoms with Crippen LogP contribution in [0.1, 0.15) is 27.7 Å². The van der Waals surface area contributed by atoms with Crippen molar-refractivity contribution in [1.82, 2.24) is 4.90 Å².